The zero-order chi connectivity index (χ0) is 18.0. The third kappa shape index (κ3) is 4.66. The minimum Gasteiger partial charge on any atom is -0.442 e. The van der Waals surface area contributed by atoms with Gasteiger partial charge in [0, 0.05) is 4.90 Å². The second-order valence-electron chi connectivity index (χ2n) is 7.40. The van der Waals surface area contributed by atoms with Gasteiger partial charge in [0.1, 0.15) is 10.3 Å². The van der Waals surface area contributed by atoms with Crippen LogP contribution < -0.4 is 0 Å². The number of ether oxygens (including phenoxy) is 1. The number of amides is 1. The number of hydroxylamine groups is 2. The SMILES string of the molecule is CC(C)C[C@]1(Sc2ccccc2)CN(C(=O)OC(C)(C)C)OC1=O. The quantitative estimate of drug-likeness (QED) is 0.811. The van der Waals surface area contributed by atoms with Crippen molar-refractivity contribution in [2.45, 2.75) is 56.3 Å². The number of benzene rings is 1. The molecule has 0 aliphatic carbocycles. The van der Waals surface area contributed by atoms with Crippen molar-refractivity contribution in [1.29, 1.82) is 0 Å². The summed E-state index contributed by atoms with van der Waals surface area (Å²) >= 11 is 1.45. The first-order valence-electron chi connectivity index (χ1n) is 8.08. The molecule has 0 bridgehead atoms. The van der Waals surface area contributed by atoms with Crippen molar-refractivity contribution in [1.82, 2.24) is 5.06 Å². The van der Waals surface area contributed by atoms with E-state index in [0.29, 0.717) is 6.42 Å². The first kappa shape index (κ1) is 18.6. The summed E-state index contributed by atoms with van der Waals surface area (Å²) in [6.07, 6.45) is -0.0137. The van der Waals surface area contributed by atoms with Crippen molar-refractivity contribution in [3.63, 3.8) is 0 Å². The smallest absolute Gasteiger partial charge is 0.442 e. The Balaban J connectivity index is 2.21. The first-order chi connectivity index (χ1) is 11.1. The van der Waals surface area contributed by atoms with E-state index < -0.39 is 22.4 Å². The molecule has 0 unspecified atom stereocenters. The number of thioether (sulfide) groups is 1. The molecular formula is C18H25NO4S. The number of carbonyl (C=O) groups is 2. The van der Waals surface area contributed by atoms with Crippen LogP contribution >= 0.6 is 11.8 Å². The minimum atomic E-state index is -0.813. The van der Waals surface area contributed by atoms with Gasteiger partial charge in [-0.3, -0.25) is 0 Å². The number of hydrogen-bond donors (Lipinski definition) is 0. The van der Waals surface area contributed by atoms with Crippen molar-refractivity contribution >= 4 is 23.8 Å². The van der Waals surface area contributed by atoms with Gasteiger partial charge in [0.2, 0.25) is 0 Å². The van der Waals surface area contributed by atoms with Crippen LogP contribution in [-0.4, -0.2) is 34.0 Å². The molecular weight excluding hydrogens is 326 g/mol. The molecule has 0 aromatic heterocycles. The summed E-state index contributed by atoms with van der Waals surface area (Å²) in [4.78, 5) is 31.1. The molecule has 1 saturated heterocycles. The van der Waals surface area contributed by atoms with Gasteiger partial charge in [0.15, 0.2) is 0 Å². The van der Waals surface area contributed by atoms with Crippen molar-refractivity contribution < 1.29 is 19.2 Å². The Morgan fingerprint density at radius 3 is 2.50 bits per heavy atom. The summed E-state index contributed by atoms with van der Waals surface area (Å²) in [6, 6.07) is 9.69. The predicted molar refractivity (Wildman–Crippen MR) is 93.5 cm³/mol. The Morgan fingerprint density at radius 2 is 1.96 bits per heavy atom. The van der Waals surface area contributed by atoms with E-state index in [-0.39, 0.29) is 12.5 Å². The topological polar surface area (TPSA) is 55.8 Å². The number of rotatable bonds is 4. The highest BCUT2D eigenvalue weighted by Gasteiger charge is 2.52. The second kappa shape index (κ2) is 7.05. The lowest BCUT2D eigenvalue weighted by molar-refractivity contribution is -0.166. The molecule has 1 aromatic rings. The zero-order valence-corrected chi connectivity index (χ0v) is 15.7. The van der Waals surface area contributed by atoms with Gasteiger partial charge in [0.05, 0.1) is 6.54 Å². The van der Waals surface area contributed by atoms with Gasteiger partial charge < -0.3 is 9.57 Å². The van der Waals surface area contributed by atoms with E-state index in [0.717, 1.165) is 9.96 Å². The lowest BCUT2D eigenvalue weighted by atomic mass is 9.97. The summed E-state index contributed by atoms with van der Waals surface area (Å²) in [5.41, 5.74) is -0.640. The van der Waals surface area contributed by atoms with Crippen LogP contribution in [-0.2, 0) is 14.4 Å². The lowest BCUT2D eigenvalue weighted by Crippen LogP contribution is -2.39. The van der Waals surface area contributed by atoms with Gasteiger partial charge in [0.25, 0.3) is 0 Å². The summed E-state index contributed by atoms with van der Waals surface area (Å²) in [6.45, 7) is 9.63. The molecule has 1 aliphatic rings. The average Bonchev–Trinajstić information content (AvgIpc) is 2.74. The second-order valence-corrected chi connectivity index (χ2v) is 8.86. The molecule has 1 fully saturated rings. The fraction of sp³-hybridized carbons (Fsp3) is 0.556. The Bertz CT molecular complexity index is 597. The van der Waals surface area contributed by atoms with E-state index in [1.807, 2.05) is 30.3 Å². The molecule has 2 rings (SSSR count). The van der Waals surface area contributed by atoms with Crippen molar-refractivity contribution in [2.75, 3.05) is 6.54 Å². The molecule has 1 heterocycles. The number of carbonyl (C=O) groups excluding carboxylic acids is 2. The third-order valence-electron chi connectivity index (χ3n) is 3.36. The maximum Gasteiger partial charge on any atom is 0.443 e. The maximum absolute atomic E-state index is 12.6. The fourth-order valence-electron chi connectivity index (χ4n) is 2.56. The van der Waals surface area contributed by atoms with Crippen LogP contribution in [0, 0.1) is 5.92 Å². The molecule has 0 N–H and O–H groups in total. The highest BCUT2D eigenvalue weighted by Crippen LogP contribution is 2.43. The van der Waals surface area contributed by atoms with Crippen molar-refractivity contribution in [2.24, 2.45) is 5.92 Å². The third-order valence-corrected chi connectivity index (χ3v) is 4.72. The van der Waals surface area contributed by atoms with Crippen LogP contribution in [0.3, 0.4) is 0 Å². The van der Waals surface area contributed by atoms with Gasteiger partial charge in [-0.15, -0.1) is 16.8 Å². The van der Waals surface area contributed by atoms with E-state index in [2.05, 4.69) is 13.8 Å². The molecule has 24 heavy (non-hydrogen) atoms. The van der Waals surface area contributed by atoms with Gasteiger partial charge in [-0.05, 0) is 45.2 Å². The number of nitrogens with zero attached hydrogens (tertiary/aromatic N) is 1. The van der Waals surface area contributed by atoms with Crippen molar-refractivity contribution in [3.8, 4) is 0 Å². The molecule has 1 atom stereocenters. The van der Waals surface area contributed by atoms with Gasteiger partial charge in [-0.2, -0.15) is 0 Å². The Hall–Kier alpha value is -1.69. The van der Waals surface area contributed by atoms with E-state index in [1.54, 1.807) is 20.8 Å². The average molecular weight is 351 g/mol. The normalized spacial score (nSPS) is 21.1. The summed E-state index contributed by atoms with van der Waals surface area (Å²) in [5.74, 6) is -0.108. The fourth-order valence-corrected chi connectivity index (χ4v) is 4.03. The molecule has 0 saturated carbocycles. The van der Waals surface area contributed by atoms with Crippen molar-refractivity contribution in [3.05, 3.63) is 30.3 Å². The summed E-state index contributed by atoms with van der Waals surface area (Å²) in [5, 5.41) is 1.05. The monoisotopic (exact) mass is 351 g/mol. The first-order valence-corrected chi connectivity index (χ1v) is 8.90. The van der Waals surface area contributed by atoms with E-state index >= 15 is 0 Å². The Morgan fingerprint density at radius 1 is 1.33 bits per heavy atom. The van der Waals surface area contributed by atoms with Gasteiger partial charge in [-0.1, -0.05) is 32.0 Å². The summed E-state index contributed by atoms with van der Waals surface area (Å²) in [7, 11) is 0. The summed E-state index contributed by atoms with van der Waals surface area (Å²) < 4.78 is 4.51. The van der Waals surface area contributed by atoms with E-state index in [1.165, 1.54) is 11.8 Å². The number of hydrogen-bond acceptors (Lipinski definition) is 5. The predicted octanol–water partition coefficient (Wildman–Crippen LogP) is 4.27. The highest BCUT2D eigenvalue weighted by molar-refractivity contribution is 8.01. The van der Waals surface area contributed by atoms with E-state index in [4.69, 9.17) is 9.57 Å². The molecule has 1 amide bonds. The molecule has 6 heteroatoms. The van der Waals surface area contributed by atoms with Crippen LogP contribution in [0.2, 0.25) is 0 Å². The Kier molecular flexibility index (Phi) is 5.48. The van der Waals surface area contributed by atoms with Gasteiger partial charge >= 0.3 is 12.1 Å². The maximum atomic E-state index is 12.6. The standard InChI is InChI=1S/C18H25NO4S/c1-13(2)11-18(24-14-9-7-6-8-10-14)12-19(23-15(18)20)16(21)22-17(3,4)5/h6-10,13H,11-12H2,1-5H3/t18-/m0/s1. The van der Waals surface area contributed by atoms with Crippen LogP contribution in [0.5, 0.6) is 0 Å². The zero-order valence-electron chi connectivity index (χ0n) is 14.9. The van der Waals surface area contributed by atoms with Crippen LogP contribution in [0.15, 0.2) is 35.2 Å². The molecule has 0 spiro atoms. The lowest BCUT2D eigenvalue weighted by Gasteiger charge is -2.26. The molecule has 1 aromatic carbocycles. The molecule has 5 nitrogen and oxygen atoms in total. The van der Waals surface area contributed by atoms with Crippen LogP contribution in [0.25, 0.3) is 0 Å². The molecule has 132 valence electrons. The van der Waals surface area contributed by atoms with Crippen LogP contribution in [0.1, 0.15) is 41.0 Å². The molecule has 1 aliphatic heterocycles. The van der Waals surface area contributed by atoms with E-state index in [9.17, 15) is 9.59 Å². The minimum absolute atomic E-state index is 0.179. The largest absolute Gasteiger partial charge is 0.443 e. The Labute approximate surface area is 147 Å². The highest BCUT2D eigenvalue weighted by atomic mass is 32.2. The van der Waals surface area contributed by atoms with Gasteiger partial charge in [-0.25, -0.2) is 9.59 Å². The van der Waals surface area contributed by atoms with Crippen LogP contribution in [0.4, 0.5) is 4.79 Å². The molecule has 0 radical (unpaired) electrons.